The Morgan fingerprint density at radius 1 is 0.864 bits per heavy atom. The van der Waals surface area contributed by atoms with Gasteiger partial charge in [0.15, 0.2) is 5.79 Å². The third-order valence-electron chi connectivity index (χ3n) is 8.13. The summed E-state index contributed by atoms with van der Waals surface area (Å²) in [7, 11) is -6.13. The SMILES string of the molecule is CC1(C)O[C@H]([C@@H](COC(c2ccccc2)(c2ccccc2)c2ccccc2)OS(C)(=O)=O)[C@H](/C=N\O[Si](C)(C)C(C)(C)C)O1. The summed E-state index contributed by atoms with van der Waals surface area (Å²) in [4.78, 5) is 0. The van der Waals surface area contributed by atoms with Crippen molar-refractivity contribution in [3.8, 4) is 0 Å². The summed E-state index contributed by atoms with van der Waals surface area (Å²) in [5.41, 5.74) is 1.54. The van der Waals surface area contributed by atoms with Crippen molar-refractivity contribution in [2.24, 2.45) is 5.16 Å². The second kappa shape index (κ2) is 13.2. The van der Waals surface area contributed by atoms with Gasteiger partial charge in [0.1, 0.15) is 23.9 Å². The molecule has 1 fully saturated rings. The van der Waals surface area contributed by atoms with E-state index in [1.807, 2.05) is 91.0 Å². The summed E-state index contributed by atoms with van der Waals surface area (Å²) >= 11 is 0. The standard InChI is InChI=1S/C34H45NO7SSi/c1-32(2,3)44(7,8)42-35-24-29-31(40-33(4,5)39-29)30(41-43(6,36)37)25-38-34(26-18-12-9-13-19-26,27-20-14-10-15-21-27)28-22-16-11-17-23-28/h9-24,29-31H,25H2,1-8H3/b35-24-/t29-,30+,31-/m0/s1. The molecule has 0 unspecified atom stereocenters. The smallest absolute Gasteiger partial charge is 0.286 e. The molecule has 0 amide bonds. The first-order valence-electron chi connectivity index (χ1n) is 14.8. The van der Waals surface area contributed by atoms with Crippen LogP contribution in [0.4, 0.5) is 0 Å². The fourth-order valence-electron chi connectivity index (χ4n) is 4.96. The normalized spacial score (nSPS) is 20.1. The van der Waals surface area contributed by atoms with Gasteiger partial charge in [-0.05, 0) is 48.7 Å². The van der Waals surface area contributed by atoms with Crippen molar-refractivity contribution in [1.82, 2.24) is 0 Å². The Morgan fingerprint density at radius 3 is 1.73 bits per heavy atom. The fraction of sp³-hybridized carbons (Fsp3) is 0.441. The van der Waals surface area contributed by atoms with Crippen LogP contribution in [-0.2, 0) is 38.6 Å². The Labute approximate surface area is 263 Å². The van der Waals surface area contributed by atoms with Crippen molar-refractivity contribution in [2.75, 3.05) is 12.9 Å². The molecule has 1 heterocycles. The molecule has 44 heavy (non-hydrogen) atoms. The molecule has 0 radical (unpaired) electrons. The van der Waals surface area contributed by atoms with E-state index in [0.717, 1.165) is 22.9 Å². The lowest BCUT2D eigenvalue weighted by Gasteiger charge is -2.37. The van der Waals surface area contributed by atoms with Gasteiger partial charge < -0.3 is 18.7 Å². The van der Waals surface area contributed by atoms with Crippen LogP contribution in [0.2, 0.25) is 18.1 Å². The topological polar surface area (TPSA) is 92.7 Å². The average Bonchev–Trinajstić information content (AvgIpc) is 3.27. The first kappa shape index (κ1) is 34.0. The van der Waals surface area contributed by atoms with Gasteiger partial charge in [-0.3, -0.25) is 4.18 Å². The van der Waals surface area contributed by atoms with Gasteiger partial charge in [-0.2, -0.15) is 8.42 Å². The van der Waals surface area contributed by atoms with Crippen LogP contribution in [0.1, 0.15) is 51.3 Å². The zero-order valence-corrected chi connectivity index (χ0v) is 28.7. The van der Waals surface area contributed by atoms with Gasteiger partial charge in [-0.25, -0.2) is 0 Å². The quantitative estimate of drug-likeness (QED) is 0.0702. The summed E-state index contributed by atoms with van der Waals surface area (Å²) < 4.78 is 56.4. The Morgan fingerprint density at radius 2 is 1.32 bits per heavy atom. The number of hydrogen-bond donors (Lipinski definition) is 0. The van der Waals surface area contributed by atoms with Crippen molar-refractivity contribution in [2.45, 2.75) is 82.5 Å². The summed E-state index contributed by atoms with van der Waals surface area (Å²) in [5, 5.41) is 4.27. The van der Waals surface area contributed by atoms with Crippen molar-refractivity contribution >= 4 is 24.7 Å². The Hall–Kier alpha value is -2.86. The van der Waals surface area contributed by atoms with Gasteiger partial charge in [0.2, 0.25) is 0 Å². The molecule has 3 atom stereocenters. The van der Waals surface area contributed by atoms with E-state index in [1.54, 1.807) is 13.8 Å². The van der Waals surface area contributed by atoms with E-state index < -0.39 is 48.1 Å². The average molecular weight is 640 g/mol. The molecule has 10 heteroatoms. The van der Waals surface area contributed by atoms with Gasteiger partial charge in [-0.1, -0.05) is 112 Å². The first-order chi connectivity index (χ1) is 20.5. The second-order valence-corrected chi connectivity index (χ2v) is 19.4. The molecule has 1 aliphatic heterocycles. The predicted molar refractivity (Wildman–Crippen MR) is 175 cm³/mol. The highest BCUT2D eigenvalue weighted by molar-refractivity contribution is 7.86. The molecule has 238 valence electrons. The lowest BCUT2D eigenvalue weighted by molar-refractivity contribution is -0.157. The van der Waals surface area contributed by atoms with E-state index in [1.165, 1.54) is 6.21 Å². The van der Waals surface area contributed by atoms with E-state index in [9.17, 15) is 8.42 Å². The maximum absolute atomic E-state index is 12.6. The zero-order chi connectivity index (χ0) is 32.2. The molecule has 1 saturated heterocycles. The van der Waals surface area contributed by atoms with Gasteiger partial charge >= 0.3 is 0 Å². The number of oxime groups is 1. The Balaban J connectivity index is 1.75. The summed E-state index contributed by atoms with van der Waals surface area (Å²) in [6.45, 7) is 14.0. The lowest BCUT2D eigenvalue weighted by atomic mass is 9.80. The second-order valence-electron chi connectivity index (χ2n) is 13.1. The third kappa shape index (κ3) is 8.04. The fourth-order valence-corrected chi connectivity index (χ4v) is 6.17. The lowest BCUT2D eigenvalue weighted by Crippen LogP contribution is -2.45. The number of ether oxygens (including phenoxy) is 3. The van der Waals surface area contributed by atoms with Gasteiger partial charge in [0.25, 0.3) is 18.4 Å². The van der Waals surface area contributed by atoms with Crippen LogP contribution in [-0.4, -0.2) is 59.9 Å². The molecule has 3 aromatic rings. The van der Waals surface area contributed by atoms with Gasteiger partial charge in [-0.15, -0.1) is 5.16 Å². The van der Waals surface area contributed by atoms with Crippen molar-refractivity contribution in [1.29, 1.82) is 0 Å². The molecule has 4 rings (SSSR count). The van der Waals surface area contributed by atoms with Crippen LogP contribution in [0.5, 0.6) is 0 Å². The molecule has 3 aromatic carbocycles. The maximum Gasteiger partial charge on any atom is 0.286 e. The monoisotopic (exact) mass is 639 g/mol. The van der Waals surface area contributed by atoms with Crippen LogP contribution < -0.4 is 0 Å². The van der Waals surface area contributed by atoms with Crippen LogP contribution in [0.25, 0.3) is 0 Å². The van der Waals surface area contributed by atoms with E-state index in [4.69, 9.17) is 22.9 Å². The predicted octanol–water partition coefficient (Wildman–Crippen LogP) is 6.87. The Kier molecular flexibility index (Phi) is 10.2. The van der Waals surface area contributed by atoms with Crippen molar-refractivity contribution in [3.63, 3.8) is 0 Å². The molecule has 0 spiro atoms. The number of benzene rings is 3. The summed E-state index contributed by atoms with van der Waals surface area (Å²) in [6, 6.07) is 29.5. The van der Waals surface area contributed by atoms with Crippen molar-refractivity contribution < 1.29 is 31.3 Å². The highest BCUT2D eigenvalue weighted by Gasteiger charge is 2.48. The first-order valence-corrected chi connectivity index (χ1v) is 19.5. The molecule has 0 aliphatic carbocycles. The largest absolute Gasteiger partial charge is 0.455 e. The zero-order valence-electron chi connectivity index (χ0n) is 26.9. The maximum atomic E-state index is 12.6. The van der Waals surface area contributed by atoms with Crippen molar-refractivity contribution in [3.05, 3.63) is 108 Å². The molecule has 8 nitrogen and oxygen atoms in total. The van der Waals surface area contributed by atoms with E-state index in [2.05, 4.69) is 39.0 Å². The third-order valence-corrected chi connectivity index (χ3v) is 12.9. The number of hydrogen-bond acceptors (Lipinski definition) is 8. The van der Waals surface area contributed by atoms with Crippen LogP contribution >= 0.6 is 0 Å². The Bertz CT molecular complexity index is 1390. The van der Waals surface area contributed by atoms with E-state index >= 15 is 0 Å². The minimum atomic E-state index is -3.93. The summed E-state index contributed by atoms with van der Waals surface area (Å²) in [5.74, 6) is -1.03. The highest BCUT2D eigenvalue weighted by atomic mass is 32.2. The number of rotatable bonds is 12. The molecule has 0 saturated carbocycles. The van der Waals surface area contributed by atoms with Crippen LogP contribution in [0.3, 0.4) is 0 Å². The molecular weight excluding hydrogens is 595 g/mol. The van der Waals surface area contributed by atoms with Gasteiger partial charge in [0.05, 0.1) is 19.1 Å². The highest BCUT2D eigenvalue weighted by Crippen LogP contribution is 2.42. The number of nitrogens with zero attached hydrogens (tertiary/aromatic N) is 1. The molecule has 0 N–H and O–H groups in total. The van der Waals surface area contributed by atoms with E-state index in [-0.39, 0.29) is 11.6 Å². The van der Waals surface area contributed by atoms with Gasteiger partial charge in [0, 0.05) is 0 Å². The molecule has 1 aliphatic rings. The van der Waals surface area contributed by atoms with Crippen LogP contribution in [0.15, 0.2) is 96.2 Å². The van der Waals surface area contributed by atoms with Crippen LogP contribution in [0, 0.1) is 0 Å². The van der Waals surface area contributed by atoms with E-state index in [0.29, 0.717) is 0 Å². The molecular formula is C34H45NO7SSi. The summed E-state index contributed by atoms with van der Waals surface area (Å²) in [6.07, 6.45) is -0.149. The minimum absolute atomic E-state index is 0.0541. The molecule has 0 bridgehead atoms. The minimum Gasteiger partial charge on any atom is -0.455 e. The molecule has 0 aromatic heterocycles.